The maximum Gasteiger partial charge on any atom is 0.179 e. The Morgan fingerprint density at radius 2 is 1.89 bits per heavy atom. The molecule has 0 heterocycles. The minimum absolute atomic E-state index is 0.0647. The molecule has 2 N–H and O–H groups in total. The average molecular weight is 269 g/mol. The van der Waals surface area contributed by atoms with Gasteiger partial charge in [0.05, 0.1) is 11.8 Å². The summed E-state index contributed by atoms with van der Waals surface area (Å²) in [7, 11) is -3.08. The zero-order valence-corrected chi connectivity index (χ0v) is 11.8. The predicted molar refractivity (Wildman–Crippen MR) is 72.5 cm³/mol. The summed E-state index contributed by atoms with van der Waals surface area (Å²) in [5, 5.41) is 0. The van der Waals surface area contributed by atoms with Crippen LogP contribution in [0.2, 0.25) is 0 Å². The van der Waals surface area contributed by atoms with Crippen LogP contribution in [0.25, 0.3) is 0 Å². The average Bonchev–Trinajstić information content (AvgIpc) is 2.27. The molecule has 0 amide bonds. The molecule has 18 heavy (non-hydrogen) atoms. The van der Waals surface area contributed by atoms with E-state index in [1.165, 1.54) is 0 Å². The van der Waals surface area contributed by atoms with E-state index in [1.54, 1.807) is 12.1 Å². The third-order valence-corrected chi connectivity index (χ3v) is 3.91. The van der Waals surface area contributed by atoms with E-state index in [4.69, 9.17) is 5.73 Å². The molecule has 0 aliphatic carbocycles. The Kier molecular flexibility index (Phi) is 4.65. The van der Waals surface area contributed by atoms with Gasteiger partial charge < -0.3 is 5.73 Å². The predicted octanol–water partition coefficient (Wildman–Crippen LogP) is 1.25. The molecule has 1 aromatic rings. The van der Waals surface area contributed by atoms with Gasteiger partial charge in [0, 0.05) is 11.8 Å². The number of benzene rings is 1. The second-order valence-electron chi connectivity index (χ2n) is 4.69. The van der Waals surface area contributed by atoms with Crippen molar-refractivity contribution in [2.45, 2.75) is 26.3 Å². The van der Waals surface area contributed by atoms with Crippen LogP contribution in [-0.4, -0.2) is 32.3 Å². The second-order valence-corrected chi connectivity index (χ2v) is 6.95. The van der Waals surface area contributed by atoms with E-state index in [0.29, 0.717) is 5.56 Å². The maximum absolute atomic E-state index is 12.0. The first-order valence-corrected chi connectivity index (χ1v) is 7.81. The molecule has 100 valence electrons. The highest BCUT2D eigenvalue weighted by Gasteiger charge is 2.17. The summed E-state index contributed by atoms with van der Waals surface area (Å²) < 4.78 is 22.1. The number of aryl methyl sites for hydroxylation is 2. The number of carbonyl (C=O) groups is 1. The van der Waals surface area contributed by atoms with Crippen LogP contribution in [0.4, 0.5) is 0 Å². The minimum Gasteiger partial charge on any atom is -0.321 e. The first-order valence-electron chi connectivity index (χ1n) is 5.75. The number of Topliss-reactive ketones (excluding diaryl/α,β-unsaturated/α-hetero) is 1. The largest absolute Gasteiger partial charge is 0.321 e. The van der Waals surface area contributed by atoms with E-state index in [0.717, 1.165) is 17.4 Å². The number of ketones is 1. The number of carbonyl (C=O) groups excluding carboxylic acids is 1. The highest BCUT2D eigenvalue weighted by Crippen LogP contribution is 2.12. The molecule has 0 aliphatic heterocycles. The zero-order valence-electron chi connectivity index (χ0n) is 10.9. The van der Waals surface area contributed by atoms with Crippen molar-refractivity contribution in [3.63, 3.8) is 0 Å². The summed E-state index contributed by atoms with van der Waals surface area (Å²) in [4.78, 5) is 12.0. The van der Waals surface area contributed by atoms with Gasteiger partial charge in [0.2, 0.25) is 0 Å². The van der Waals surface area contributed by atoms with Crippen LogP contribution in [0.1, 0.15) is 27.9 Å². The molecule has 1 unspecified atom stereocenters. The standard InChI is InChI=1S/C13H19NO3S/c1-9-4-5-11(8-10(9)2)13(15)12(14)6-7-18(3,16)17/h4-5,8,12H,6-7,14H2,1-3H3. The topological polar surface area (TPSA) is 77.2 Å². The third kappa shape index (κ3) is 4.23. The van der Waals surface area contributed by atoms with Crippen molar-refractivity contribution in [1.29, 1.82) is 0 Å². The van der Waals surface area contributed by atoms with Crippen LogP contribution in [0.15, 0.2) is 18.2 Å². The van der Waals surface area contributed by atoms with Gasteiger partial charge in [-0.15, -0.1) is 0 Å². The first-order chi connectivity index (χ1) is 8.20. The fourth-order valence-electron chi connectivity index (χ4n) is 1.58. The summed E-state index contributed by atoms with van der Waals surface area (Å²) >= 11 is 0. The molecule has 0 aliphatic rings. The van der Waals surface area contributed by atoms with Crippen LogP contribution in [0.5, 0.6) is 0 Å². The lowest BCUT2D eigenvalue weighted by Gasteiger charge is -2.11. The number of hydrogen-bond acceptors (Lipinski definition) is 4. The van der Waals surface area contributed by atoms with Crippen molar-refractivity contribution < 1.29 is 13.2 Å². The summed E-state index contributed by atoms with van der Waals surface area (Å²) in [6.45, 7) is 3.89. The lowest BCUT2D eigenvalue weighted by atomic mass is 9.99. The summed E-state index contributed by atoms with van der Waals surface area (Å²) in [6.07, 6.45) is 1.30. The molecule has 0 saturated heterocycles. The molecule has 0 radical (unpaired) electrons. The van der Waals surface area contributed by atoms with Gasteiger partial charge in [-0.3, -0.25) is 4.79 Å². The van der Waals surface area contributed by atoms with Gasteiger partial charge in [-0.25, -0.2) is 8.42 Å². The van der Waals surface area contributed by atoms with Gasteiger partial charge in [0.25, 0.3) is 0 Å². The van der Waals surface area contributed by atoms with Crippen LogP contribution in [0.3, 0.4) is 0 Å². The Hall–Kier alpha value is -1.20. The number of sulfone groups is 1. The Labute approximate surface area is 108 Å². The van der Waals surface area contributed by atoms with Gasteiger partial charge in [-0.05, 0) is 37.5 Å². The monoisotopic (exact) mass is 269 g/mol. The number of rotatable bonds is 5. The van der Waals surface area contributed by atoms with Crippen molar-refractivity contribution in [1.82, 2.24) is 0 Å². The van der Waals surface area contributed by atoms with Crippen LogP contribution in [0, 0.1) is 13.8 Å². The van der Waals surface area contributed by atoms with Crippen molar-refractivity contribution in [3.8, 4) is 0 Å². The summed E-state index contributed by atoms with van der Waals surface area (Å²) in [5.41, 5.74) is 8.40. The molecule has 1 atom stereocenters. The van der Waals surface area contributed by atoms with E-state index in [1.807, 2.05) is 19.9 Å². The van der Waals surface area contributed by atoms with Crippen molar-refractivity contribution in [2.24, 2.45) is 5.73 Å². The number of hydrogen-bond donors (Lipinski definition) is 1. The van der Waals surface area contributed by atoms with E-state index in [-0.39, 0.29) is 18.0 Å². The van der Waals surface area contributed by atoms with E-state index in [9.17, 15) is 13.2 Å². The Morgan fingerprint density at radius 1 is 1.28 bits per heavy atom. The fourth-order valence-corrected chi connectivity index (χ4v) is 2.26. The van der Waals surface area contributed by atoms with Crippen LogP contribution in [-0.2, 0) is 9.84 Å². The molecular formula is C13H19NO3S. The van der Waals surface area contributed by atoms with Gasteiger partial charge in [-0.2, -0.15) is 0 Å². The number of nitrogens with two attached hydrogens (primary N) is 1. The smallest absolute Gasteiger partial charge is 0.179 e. The molecule has 1 aromatic carbocycles. The van der Waals surface area contributed by atoms with E-state index < -0.39 is 15.9 Å². The highest BCUT2D eigenvalue weighted by molar-refractivity contribution is 7.90. The molecule has 0 bridgehead atoms. The quantitative estimate of drug-likeness (QED) is 0.816. The molecule has 0 aromatic heterocycles. The molecule has 4 nitrogen and oxygen atoms in total. The zero-order chi connectivity index (χ0) is 13.9. The lowest BCUT2D eigenvalue weighted by molar-refractivity contribution is 0.0959. The second kappa shape index (κ2) is 5.63. The molecular weight excluding hydrogens is 250 g/mol. The summed E-state index contributed by atoms with van der Waals surface area (Å²) in [6, 6.07) is 4.62. The first kappa shape index (κ1) is 14.9. The van der Waals surface area contributed by atoms with Gasteiger partial charge >= 0.3 is 0 Å². The molecule has 0 spiro atoms. The summed E-state index contributed by atoms with van der Waals surface area (Å²) in [5.74, 6) is -0.271. The normalized spacial score (nSPS) is 13.3. The third-order valence-electron chi connectivity index (χ3n) is 2.93. The Morgan fingerprint density at radius 3 is 2.39 bits per heavy atom. The van der Waals surface area contributed by atoms with Crippen molar-refractivity contribution in [2.75, 3.05) is 12.0 Å². The van der Waals surface area contributed by atoms with E-state index >= 15 is 0 Å². The molecule has 0 fully saturated rings. The van der Waals surface area contributed by atoms with Crippen LogP contribution < -0.4 is 5.73 Å². The Bertz CT molecular complexity index is 549. The minimum atomic E-state index is -3.08. The molecule has 5 heteroatoms. The lowest BCUT2D eigenvalue weighted by Crippen LogP contribution is -2.32. The van der Waals surface area contributed by atoms with Gasteiger partial charge in [-0.1, -0.05) is 12.1 Å². The van der Waals surface area contributed by atoms with E-state index in [2.05, 4.69) is 0 Å². The van der Waals surface area contributed by atoms with Crippen LogP contribution >= 0.6 is 0 Å². The molecule has 0 saturated carbocycles. The van der Waals surface area contributed by atoms with Crippen molar-refractivity contribution in [3.05, 3.63) is 34.9 Å². The fraction of sp³-hybridized carbons (Fsp3) is 0.462. The highest BCUT2D eigenvalue weighted by atomic mass is 32.2. The van der Waals surface area contributed by atoms with Gasteiger partial charge in [0.15, 0.2) is 5.78 Å². The van der Waals surface area contributed by atoms with Crippen molar-refractivity contribution >= 4 is 15.6 Å². The Balaban J connectivity index is 2.77. The van der Waals surface area contributed by atoms with Gasteiger partial charge in [0.1, 0.15) is 9.84 Å². The SMILES string of the molecule is Cc1ccc(C(=O)C(N)CCS(C)(=O)=O)cc1C. The maximum atomic E-state index is 12.0. The molecule has 1 rings (SSSR count).